The van der Waals surface area contributed by atoms with Crippen molar-refractivity contribution in [1.29, 1.82) is 0 Å². The SMILES string of the molecule is C1=CC2C=CC(c3ccc4oc5ccccc5c4c3-c3nc(-c4ccc5ccccc5c4)nc(-c4ccc5oc6ccccc6c5c4)n3)=CC2C=C1. The first-order valence-electron chi connectivity index (χ1n) is 17.6. The molecule has 2 aliphatic rings. The Kier molecular flexibility index (Phi) is 6.31. The number of para-hydroxylation sites is 2. The predicted molar refractivity (Wildman–Crippen MR) is 211 cm³/mol. The van der Waals surface area contributed by atoms with E-state index in [9.17, 15) is 0 Å². The molecule has 0 fully saturated rings. The third kappa shape index (κ3) is 4.60. The second kappa shape index (κ2) is 11.3. The number of benzene rings is 6. The van der Waals surface area contributed by atoms with E-state index in [1.165, 1.54) is 0 Å². The number of allylic oxidation sites excluding steroid dienone is 8. The summed E-state index contributed by atoms with van der Waals surface area (Å²) in [6, 6.07) is 41.5. The fourth-order valence-corrected chi connectivity index (χ4v) is 7.89. The van der Waals surface area contributed by atoms with Crippen LogP contribution in [0.15, 0.2) is 173 Å². The molecular weight excluding hydrogens is 639 g/mol. The van der Waals surface area contributed by atoms with Crippen LogP contribution in [-0.2, 0) is 0 Å². The Labute approximate surface area is 298 Å². The minimum atomic E-state index is 0.272. The second-order valence-corrected chi connectivity index (χ2v) is 13.5. The topological polar surface area (TPSA) is 65.0 Å². The standard InChI is InChI=1S/C47H29N3O2/c1-3-11-30-25-32(19-17-28(30)9-1)35-22-24-42-43(37-14-6-8-16-40(37)52-42)44(35)47-49-45(33-20-18-29-10-2-4-12-31(29)26-33)48-46(50-47)34-21-23-41-38(27-34)36-13-5-7-15-39(36)51-41/h1-28,30H. The van der Waals surface area contributed by atoms with Gasteiger partial charge in [0.15, 0.2) is 17.5 Å². The molecule has 0 aliphatic heterocycles. The number of fused-ring (bicyclic) bond motifs is 8. The van der Waals surface area contributed by atoms with Gasteiger partial charge in [0, 0.05) is 50.1 Å². The predicted octanol–water partition coefficient (Wildman–Crippen LogP) is 12.1. The van der Waals surface area contributed by atoms with Gasteiger partial charge in [0.1, 0.15) is 22.3 Å². The smallest absolute Gasteiger partial charge is 0.165 e. The van der Waals surface area contributed by atoms with Crippen LogP contribution in [0.25, 0.3) is 94.4 Å². The number of hydrogen-bond acceptors (Lipinski definition) is 5. The minimum absolute atomic E-state index is 0.272. The van der Waals surface area contributed by atoms with Gasteiger partial charge in [0.2, 0.25) is 0 Å². The molecule has 0 saturated heterocycles. The van der Waals surface area contributed by atoms with Gasteiger partial charge in [0.25, 0.3) is 0 Å². The number of nitrogens with zero attached hydrogens (tertiary/aromatic N) is 3. The first-order valence-corrected chi connectivity index (χ1v) is 17.6. The highest BCUT2D eigenvalue weighted by molar-refractivity contribution is 6.14. The molecule has 0 N–H and O–H groups in total. The van der Waals surface area contributed by atoms with Crippen LogP contribution < -0.4 is 0 Å². The van der Waals surface area contributed by atoms with E-state index in [0.717, 1.165) is 82.5 Å². The molecule has 0 radical (unpaired) electrons. The van der Waals surface area contributed by atoms with Gasteiger partial charge < -0.3 is 8.83 Å². The van der Waals surface area contributed by atoms with Crippen molar-refractivity contribution in [2.24, 2.45) is 11.8 Å². The van der Waals surface area contributed by atoms with Crippen molar-refractivity contribution in [2.45, 2.75) is 0 Å². The van der Waals surface area contributed by atoms with Crippen molar-refractivity contribution >= 4 is 60.2 Å². The second-order valence-electron chi connectivity index (χ2n) is 13.5. The molecular formula is C47H29N3O2. The van der Waals surface area contributed by atoms with E-state index in [0.29, 0.717) is 23.4 Å². The Hall–Kier alpha value is -6.85. The average molecular weight is 668 g/mol. The zero-order chi connectivity index (χ0) is 34.2. The lowest BCUT2D eigenvalue weighted by Gasteiger charge is -2.24. The molecule has 11 rings (SSSR count). The van der Waals surface area contributed by atoms with Crippen LogP contribution in [-0.4, -0.2) is 15.0 Å². The quantitative estimate of drug-likeness (QED) is 0.187. The molecule has 6 aromatic carbocycles. The van der Waals surface area contributed by atoms with Crippen LogP contribution in [0.1, 0.15) is 5.56 Å². The van der Waals surface area contributed by atoms with Gasteiger partial charge in [-0.3, -0.25) is 0 Å². The molecule has 52 heavy (non-hydrogen) atoms. The fourth-order valence-electron chi connectivity index (χ4n) is 7.89. The van der Waals surface area contributed by atoms with Gasteiger partial charge in [-0.15, -0.1) is 0 Å². The van der Waals surface area contributed by atoms with Crippen molar-refractivity contribution in [3.63, 3.8) is 0 Å². The Morgan fingerprint density at radius 1 is 0.462 bits per heavy atom. The number of aromatic nitrogens is 3. The molecule has 0 bridgehead atoms. The van der Waals surface area contributed by atoms with Crippen LogP contribution in [0.5, 0.6) is 0 Å². The monoisotopic (exact) mass is 667 g/mol. The highest BCUT2D eigenvalue weighted by atomic mass is 16.3. The first kappa shape index (κ1) is 28.9. The molecule has 3 aromatic heterocycles. The van der Waals surface area contributed by atoms with Crippen LogP contribution in [0.4, 0.5) is 0 Å². The zero-order valence-electron chi connectivity index (χ0n) is 27.9. The molecule has 2 aliphatic carbocycles. The van der Waals surface area contributed by atoms with E-state index < -0.39 is 0 Å². The third-order valence-electron chi connectivity index (χ3n) is 10.4. The van der Waals surface area contributed by atoms with E-state index in [1.54, 1.807) is 0 Å². The largest absolute Gasteiger partial charge is 0.456 e. The van der Waals surface area contributed by atoms with Gasteiger partial charge in [-0.1, -0.05) is 115 Å². The normalized spacial score (nSPS) is 16.7. The van der Waals surface area contributed by atoms with E-state index in [1.807, 2.05) is 42.5 Å². The zero-order valence-corrected chi connectivity index (χ0v) is 27.9. The van der Waals surface area contributed by atoms with Crippen molar-refractivity contribution in [2.75, 3.05) is 0 Å². The molecule has 2 unspecified atom stereocenters. The van der Waals surface area contributed by atoms with Crippen molar-refractivity contribution in [3.8, 4) is 34.2 Å². The summed E-state index contributed by atoms with van der Waals surface area (Å²) in [4.78, 5) is 15.8. The summed E-state index contributed by atoms with van der Waals surface area (Å²) in [6.45, 7) is 0. The molecule has 0 spiro atoms. The average Bonchev–Trinajstić information content (AvgIpc) is 3.78. The fraction of sp³-hybridized carbons (Fsp3) is 0.0426. The minimum Gasteiger partial charge on any atom is -0.456 e. The van der Waals surface area contributed by atoms with Gasteiger partial charge in [-0.25, -0.2) is 15.0 Å². The lowest BCUT2D eigenvalue weighted by atomic mass is 9.80. The highest BCUT2D eigenvalue weighted by Gasteiger charge is 2.25. The van der Waals surface area contributed by atoms with E-state index >= 15 is 0 Å². The van der Waals surface area contributed by atoms with Crippen LogP contribution in [0.3, 0.4) is 0 Å². The molecule has 0 amide bonds. The molecule has 5 nitrogen and oxygen atoms in total. The van der Waals surface area contributed by atoms with Crippen LogP contribution in [0.2, 0.25) is 0 Å². The Balaban J connectivity index is 1.20. The van der Waals surface area contributed by atoms with Crippen LogP contribution in [0, 0.1) is 11.8 Å². The maximum absolute atomic E-state index is 6.46. The maximum atomic E-state index is 6.46. The summed E-state index contributed by atoms with van der Waals surface area (Å²) in [5.41, 5.74) is 8.20. The molecule has 0 saturated carbocycles. The summed E-state index contributed by atoms with van der Waals surface area (Å²) in [5, 5.41) is 6.37. The number of rotatable bonds is 4. The Morgan fingerprint density at radius 3 is 1.96 bits per heavy atom. The molecule has 9 aromatic rings. The van der Waals surface area contributed by atoms with Gasteiger partial charge in [-0.05, 0) is 70.4 Å². The molecule has 244 valence electrons. The first-order chi connectivity index (χ1) is 25.7. The molecule has 2 atom stereocenters. The lowest BCUT2D eigenvalue weighted by Crippen LogP contribution is -2.11. The highest BCUT2D eigenvalue weighted by Crippen LogP contribution is 2.43. The summed E-state index contributed by atoms with van der Waals surface area (Å²) in [5.74, 6) is 2.39. The molecule has 3 heterocycles. The van der Waals surface area contributed by atoms with Gasteiger partial charge in [0.05, 0.1) is 0 Å². The van der Waals surface area contributed by atoms with Gasteiger partial charge >= 0.3 is 0 Å². The maximum Gasteiger partial charge on any atom is 0.165 e. The van der Waals surface area contributed by atoms with Crippen LogP contribution >= 0.6 is 0 Å². The lowest BCUT2D eigenvalue weighted by molar-refractivity contribution is 0.663. The van der Waals surface area contributed by atoms with Crippen molar-refractivity contribution < 1.29 is 8.83 Å². The Morgan fingerprint density at radius 2 is 1.10 bits per heavy atom. The number of furan rings is 2. The van der Waals surface area contributed by atoms with Gasteiger partial charge in [-0.2, -0.15) is 0 Å². The summed E-state index contributed by atoms with van der Waals surface area (Å²) < 4.78 is 12.6. The molecule has 5 heteroatoms. The summed E-state index contributed by atoms with van der Waals surface area (Å²) >= 11 is 0. The summed E-state index contributed by atoms with van der Waals surface area (Å²) in [6.07, 6.45) is 15.7. The Bertz CT molecular complexity index is 3050. The van der Waals surface area contributed by atoms with Crippen molar-refractivity contribution in [3.05, 3.63) is 169 Å². The van der Waals surface area contributed by atoms with E-state index in [4.69, 9.17) is 23.8 Å². The van der Waals surface area contributed by atoms with E-state index in [2.05, 4.69) is 121 Å². The van der Waals surface area contributed by atoms with E-state index in [-0.39, 0.29) is 5.92 Å². The summed E-state index contributed by atoms with van der Waals surface area (Å²) in [7, 11) is 0. The number of hydrogen-bond donors (Lipinski definition) is 0. The van der Waals surface area contributed by atoms with Crippen molar-refractivity contribution in [1.82, 2.24) is 15.0 Å². The third-order valence-corrected chi connectivity index (χ3v) is 10.4.